The Balaban J connectivity index is 2.49. The average molecular weight is 234 g/mol. The summed E-state index contributed by atoms with van der Waals surface area (Å²) in [6.45, 7) is 2.02. The number of hydrogen-bond donors (Lipinski definition) is 1. The van der Waals surface area contributed by atoms with Crippen molar-refractivity contribution in [2.75, 3.05) is 6.61 Å². The van der Waals surface area contributed by atoms with Crippen LogP contribution in [-0.2, 0) is 13.5 Å². The van der Waals surface area contributed by atoms with E-state index in [-0.39, 0.29) is 12.4 Å². The summed E-state index contributed by atoms with van der Waals surface area (Å²) in [6, 6.07) is 6.37. The van der Waals surface area contributed by atoms with Gasteiger partial charge in [-0.05, 0) is 19.1 Å². The number of aliphatic hydroxyl groups is 1. The van der Waals surface area contributed by atoms with Gasteiger partial charge in [-0.1, -0.05) is 12.1 Å². The van der Waals surface area contributed by atoms with Crippen molar-refractivity contribution < 1.29 is 9.50 Å². The van der Waals surface area contributed by atoms with E-state index in [1.165, 1.54) is 12.1 Å². The van der Waals surface area contributed by atoms with Crippen LogP contribution in [0, 0.1) is 12.7 Å². The number of halogens is 1. The lowest BCUT2D eigenvalue weighted by Gasteiger charge is -2.03. The predicted octanol–water partition coefficient (Wildman–Crippen LogP) is 2.07. The van der Waals surface area contributed by atoms with E-state index in [0.29, 0.717) is 6.42 Å². The number of benzene rings is 1. The molecule has 0 spiro atoms. The van der Waals surface area contributed by atoms with E-state index in [2.05, 4.69) is 4.98 Å². The molecule has 3 nitrogen and oxygen atoms in total. The zero-order chi connectivity index (χ0) is 12.4. The van der Waals surface area contributed by atoms with Gasteiger partial charge in [-0.25, -0.2) is 9.37 Å². The molecular formula is C13H15FN2O. The molecule has 0 aliphatic heterocycles. The number of nitrogens with zero attached hydrogens (tertiary/aromatic N) is 2. The maximum atomic E-state index is 13.2. The zero-order valence-corrected chi connectivity index (χ0v) is 9.94. The second kappa shape index (κ2) is 4.67. The van der Waals surface area contributed by atoms with Crippen molar-refractivity contribution in [3.8, 4) is 11.4 Å². The highest BCUT2D eigenvalue weighted by molar-refractivity contribution is 5.56. The molecule has 1 N–H and O–H groups in total. The first-order valence-corrected chi connectivity index (χ1v) is 5.52. The van der Waals surface area contributed by atoms with Gasteiger partial charge in [-0.2, -0.15) is 0 Å². The number of aromatic nitrogens is 2. The summed E-state index contributed by atoms with van der Waals surface area (Å²) in [4.78, 5) is 4.45. The number of hydrogen-bond acceptors (Lipinski definition) is 2. The lowest BCUT2D eigenvalue weighted by atomic mass is 10.2. The van der Waals surface area contributed by atoms with Gasteiger partial charge >= 0.3 is 0 Å². The first kappa shape index (κ1) is 11.8. The van der Waals surface area contributed by atoms with Gasteiger partial charge in [-0.15, -0.1) is 0 Å². The minimum atomic E-state index is -0.271. The zero-order valence-electron chi connectivity index (χ0n) is 9.94. The van der Waals surface area contributed by atoms with E-state index in [0.717, 1.165) is 22.8 Å². The summed E-state index contributed by atoms with van der Waals surface area (Å²) >= 11 is 0. The van der Waals surface area contributed by atoms with Crippen molar-refractivity contribution in [2.45, 2.75) is 13.3 Å². The molecule has 0 unspecified atom stereocenters. The van der Waals surface area contributed by atoms with Gasteiger partial charge in [0.25, 0.3) is 0 Å². The minimum Gasteiger partial charge on any atom is -0.396 e. The van der Waals surface area contributed by atoms with Crippen LogP contribution in [0.1, 0.15) is 11.4 Å². The highest BCUT2D eigenvalue weighted by Gasteiger charge is 2.12. The Morgan fingerprint density at radius 2 is 2.18 bits per heavy atom. The summed E-state index contributed by atoms with van der Waals surface area (Å²) in [5, 5.41) is 8.95. The molecule has 0 aliphatic rings. The van der Waals surface area contributed by atoms with Crippen molar-refractivity contribution in [3.63, 3.8) is 0 Å². The average Bonchev–Trinajstić information content (AvgIpc) is 2.58. The van der Waals surface area contributed by atoms with Crippen molar-refractivity contribution >= 4 is 0 Å². The van der Waals surface area contributed by atoms with Crippen LogP contribution >= 0.6 is 0 Å². The molecule has 2 rings (SSSR count). The molecule has 0 bridgehead atoms. The third-order valence-corrected chi connectivity index (χ3v) is 2.91. The smallest absolute Gasteiger partial charge is 0.140 e. The molecule has 1 heterocycles. The SMILES string of the molecule is Cc1c(CCO)nc(-c2cccc(F)c2)n1C. The first-order valence-electron chi connectivity index (χ1n) is 5.52. The highest BCUT2D eigenvalue weighted by atomic mass is 19.1. The summed E-state index contributed by atoms with van der Waals surface area (Å²) in [6.07, 6.45) is 0.523. The monoisotopic (exact) mass is 234 g/mol. The van der Waals surface area contributed by atoms with Gasteiger partial charge < -0.3 is 9.67 Å². The van der Waals surface area contributed by atoms with Gasteiger partial charge in [0.15, 0.2) is 0 Å². The van der Waals surface area contributed by atoms with Gasteiger partial charge in [0.05, 0.1) is 5.69 Å². The van der Waals surface area contributed by atoms with Crippen LogP contribution in [0.4, 0.5) is 4.39 Å². The highest BCUT2D eigenvalue weighted by Crippen LogP contribution is 2.21. The third kappa shape index (κ3) is 2.22. The number of rotatable bonds is 3. The van der Waals surface area contributed by atoms with E-state index >= 15 is 0 Å². The molecule has 2 aromatic rings. The summed E-state index contributed by atoms with van der Waals surface area (Å²) in [5.74, 6) is 0.456. The molecule has 0 saturated carbocycles. The van der Waals surface area contributed by atoms with Crippen LogP contribution in [0.5, 0.6) is 0 Å². The molecular weight excluding hydrogens is 219 g/mol. The quantitative estimate of drug-likeness (QED) is 0.882. The van der Waals surface area contributed by atoms with Gasteiger partial charge in [0.2, 0.25) is 0 Å². The molecule has 0 amide bonds. The standard InChI is InChI=1S/C13H15FN2O/c1-9-12(6-7-17)15-13(16(9)2)10-4-3-5-11(14)8-10/h3-5,8,17H,6-7H2,1-2H3. The molecule has 17 heavy (non-hydrogen) atoms. The van der Waals surface area contributed by atoms with Gasteiger partial charge in [0.1, 0.15) is 11.6 Å². The van der Waals surface area contributed by atoms with E-state index in [1.807, 2.05) is 24.6 Å². The van der Waals surface area contributed by atoms with Gasteiger partial charge in [0, 0.05) is 31.3 Å². The van der Waals surface area contributed by atoms with E-state index in [4.69, 9.17) is 5.11 Å². The normalized spacial score (nSPS) is 10.8. The topological polar surface area (TPSA) is 38.1 Å². The second-order valence-electron chi connectivity index (χ2n) is 4.01. The lowest BCUT2D eigenvalue weighted by molar-refractivity contribution is 0.298. The molecule has 0 fully saturated rings. The van der Waals surface area contributed by atoms with Crippen LogP contribution in [0.15, 0.2) is 24.3 Å². The van der Waals surface area contributed by atoms with Crippen molar-refractivity contribution in [1.29, 1.82) is 0 Å². The molecule has 0 saturated heterocycles. The Morgan fingerprint density at radius 3 is 2.82 bits per heavy atom. The van der Waals surface area contributed by atoms with E-state index in [9.17, 15) is 4.39 Å². The number of imidazole rings is 1. The minimum absolute atomic E-state index is 0.0699. The van der Waals surface area contributed by atoms with Crippen molar-refractivity contribution in [1.82, 2.24) is 9.55 Å². The number of aliphatic hydroxyl groups excluding tert-OH is 1. The van der Waals surface area contributed by atoms with Crippen LogP contribution in [0.2, 0.25) is 0 Å². The van der Waals surface area contributed by atoms with Crippen LogP contribution in [0.3, 0.4) is 0 Å². The third-order valence-electron chi connectivity index (χ3n) is 2.91. The van der Waals surface area contributed by atoms with Crippen LogP contribution < -0.4 is 0 Å². The molecule has 90 valence electrons. The Morgan fingerprint density at radius 1 is 1.41 bits per heavy atom. The summed E-state index contributed by atoms with van der Waals surface area (Å²) in [7, 11) is 1.89. The molecule has 1 aromatic heterocycles. The Labute approximate surface area is 99.5 Å². The first-order chi connectivity index (χ1) is 8.13. The van der Waals surface area contributed by atoms with Crippen LogP contribution in [0.25, 0.3) is 11.4 Å². The molecule has 4 heteroatoms. The fourth-order valence-corrected chi connectivity index (χ4v) is 1.86. The predicted molar refractivity (Wildman–Crippen MR) is 64.1 cm³/mol. The van der Waals surface area contributed by atoms with Gasteiger partial charge in [-0.3, -0.25) is 0 Å². The Bertz CT molecular complexity index is 534. The molecule has 0 radical (unpaired) electrons. The maximum Gasteiger partial charge on any atom is 0.140 e. The Kier molecular flexibility index (Phi) is 3.24. The van der Waals surface area contributed by atoms with Crippen molar-refractivity contribution in [3.05, 3.63) is 41.5 Å². The largest absolute Gasteiger partial charge is 0.396 e. The fraction of sp³-hybridized carbons (Fsp3) is 0.308. The lowest BCUT2D eigenvalue weighted by Crippen LogP contribution is -1.96. The van der Waals surface area contributed by atoms with Crippen molar-refractivity contribution in [2.24, 2.45) is 7.05 Å². The van der Waals surface area contributed by atoms with Crippen LogP contribution in [-0.4, -0.2) is 21.3 Å². The summed E-state index contributed by atoms with van der Waals surface area (Å²) in [5.41, 5.74) is 2.60. The van der Waals surface area contributed by atoms with E-state index in [1.54, 1.807) is 6.07 Å². The molecule has 1 aromatic carbocycles. The second-order valence-corrected chi connectivity index (χ2v) is 4.01. The van der Waals surface area contributed by atoms with E-state index < -0.39 is 0 Å². The summed E-state index contributed by atoms with van der Waals surface area (Å²) < 4.78 is 15.1. The molecule has 0 aliphatic carbocycles. The maximum absolute atomic E-state index is 13.2. The molecule has 0 atom stereocenters. The Hall–Kier alpha value is -1.68. The fourth-order valence-electron chi connectivity index (χ4n) is 1.86.